The van der Waals surface area contributed by atoms with Crippen molar-refractivity contribution in [3.63, 3.8) is 0 Å². The van der Waals surface area contributed by atoms with Crippen LogP contribution in [-0.4, -0.2) is 57.6 Å². The minimum Gasteiger partial charge on any atom is -0.493 e. The molecule has 2 aromatic carbocycles. The van der Waals surface area contributed by atoms with Gasteiger partial charge in [0, 0.05) is 74.3 Å². The van der Waals surface area contributed by atoms with Gasteiger partial charge >= 0.3 is 0 Å². The molecule has 1 saturated heterocycles. The predicted molar refractivity (Wildman–Crippen MR) is 193 cm³/mol. The van der Waals surface area contributed by atoms with Gasteiger partial charge in [0.05, 0.1) is 27.4 Å². The van der Waals surface area contributed by atoms with Gasteiger partial charge in [-0.3, -0.25) is 29.0 Å². The van der Waals surface area contributed by atoms with E-state index >= 15 is 4.39 Å². The summed E-state index contributed by atoms with van der Waals surface area (Å²) in [6, 6.07) is 22.8. The number of pyridine rings is 3. The van der Waals surface area contributed by atoms with Crippen LogP contribution in [0, 0.1) is 5.82 Å². The molecule has 1 fully saturated rings. The third kappa shape index (κ3) is 6.99. The van der Waals surface area contributed by atoms with Crippen LogP contribution in [0.3, 0.4) is 0 Å². The number of para-hydroxylation sites is 1. The highest BCUT2D eigenvalue weighted by molar-refractivity contribution is 7.22. The van der Waals surface area contributed by atoms with E-state index in [0.717, 1.165) is 53.1 Å². The minimum atomic E-state index is -0.723. The maximum atomic E-state index is 15.5. The van der Waals surface area contributed by atoms with E-state index in [1.54, 1.807) is 55.7 Å². The summed E-state index contributed by atoms with van der Waals surface area (Å²) in [6.07, 6.45) is 5.09. The van der Waals surface area contributed by atoms with Gasteiger partial charge in [0.1, 0.15) is 17.1 Å². The Morgan fingerprint density at radius 2 is 1.90 bits per heavy atom. The predicted octanol–water partition coefficient (Wildman–Crippen LogP) is 6.89. The van der Waals surface area contributed by atoms with Gasteiger partial charge in [0.25, 0.3) is 11.5 Å². The first-order chi connectivity index (χ1) is 24.4. The molecule has 1 unspecified atom stereocenters. The highest BCUT2D eigenvalue weighted by Gasteiger charge is 2.22. The van der Waals surface area contributed by atoms with Crippen molar-refractivity contribution >= 4 is 33.1 Å². The Morgan fingerprint density at radius 3 is 2.66 bits per heavy atom. The van der Waals surface area contributed by atoms with Crippen LogP contribution in [0.25, 0.3) is 26.5 Å². The second-order valence-electron chi connectivity index (χ2n) is 11.9. The summed E-state index contributed by atoms with van der Waals surface area (Å²) in [4.78, 5) is 39.4. The van der Waals surface area contributed by atoms with Gasteiger partial charge in [-0.05, 0) is 61.9 Å². The molecule has 1 aliphatic heterocycles. The third-order valence-corrected chi connectivity index (χ3v) is 9.66. The highest BCUT2D eigenvalue weighted by Crippen LogP contribution is 2.39. The molecule has 6 aromatic rings. The molecule has 1 aliphatic rings. The second-order valence-corrected chi connectivity index (χ2v) is 13.0. The first-order valence-electron chi connectivity index (χ1n) is 16.4. The first kappa shape index (κ1) is 33.1. The van der Waals surface area contributed by atoms with E-state index in [4.69, 9.17) is 14.5 Å². The number of aromatic nitrogens is 3. The monoisotopic (exact) mass is 690 g/mol. The third-order valence-electron chi connectivity index (χ3n) is 8.50. The first-order valence-corrected chi connectivity index (χ1v) is 17.2. The second kappa shape index (κ2) is 14.6. The lowest BCUT2D eigenvalue weighted by atomic mass is 10.1. The molecule has 10 nitrogen and oxygen atoms in total. The molecular weight excluding hydrogens is 656 g/mol. The summed E-state index contributed by atoms with van der Waals surface area (Å²) in [5.74, 6) is -0.871. The zero-order valence-electron chi connectivity index (χ0n) is 27.6. The molecule has 0 saturated carbocycles. The number of piperazine rings is 1. The number of nitrogens with zero attached hydrogens (tertiary/aromatic N) is 4. The van der Waals surface area contributed by atoms with E-state index in [1.807, 2.05) is 24.4 Å². The Morgan fingerprint density at radius 1 is 1.04 bits per heavy atom. The fourth-order valence-corrected chi connectivity index (χ4v) is 6.95. The molecule has 2 N–H and O–H groups in total. The van der Waals surface area contributed by atoms with Gasteiger partial charge in [0.2, 0.25) is 0 Å². The number of amides is 1. The molecule has 0 radical (unpaired) electrons. The Bertz CT molecular complexity index is 2210. The number of nitrogens with one attached hydrogen (secondary N) is 2. The molecule has 1 amide bonds. The number of rotatable bonds is 10. The van der Waals surface area contributed by atoms with Gasteiger partial charge < -0.3 is 20.1 Å². The van der Waals surface area contributed by atoms with Gasteiger partial charge in [-0.15, -0.1) is 11.3 Å². The van der Waals surface area contributed by atoms with Crippen molar-refractivity contribution < 1.29 is 18.7 Å². The van der Waals surface area contributed by atoms with Crippen molar-refractivity contribution in [2.45, 2.75) is 26.4 Å². The number of carbonyl (C=O) groups is 1. The fourth-order valence-electron chi connectivity index (χ4n) is 5.91. The van der Waals surface area contributed by atoms with Crippen LogP contribution in [0.15, 0.2) is 102 Å². The van der Waals surface area contributed by atoms with Crippen LogP contribution in [0.4, 0.5) is 10.1 Å². The lowest BCUT2D eigenvalue weighted by Gasteiger charge is -2.33. The topological polar surface area (TPSA) is 111 Å². The molecule has 0 aliphatic carbocycles. The number of thiophene rings is 1. The molecule has 0 bridgehead atoms. The van der Waals surface area contributed by atoms with Crippen molar-refractivity contribution in [1.82, 2.24) is 24.8 Å². The van der Waals surface area contributed by atoms with Crippen molar-refractivity contribution in [3.05, 3.63) is 125 Å². The average molecular weight is 691 g/mol. The van der Waals surface area contributed by atoms with Gasteiger partial charge in [0.15, 0.2) is 11.6 Å². The summed E-state index contributed by atoms with van der Waals surface area (Å²) in [5, 5.41) is 6.06. The van der Waals surface area contributed by atoms with E-state index < -0.39 is 17.3 Å². The Labute approximate surface area is 292 Å². The number of ether oxygens (including phenoxy) is 2. The van der Waals surface area contributed by atoms with Crippen molar-refractivity contribution in [2.75, 3.05) is 31.6 Å². The van der Waals surface area contributed by atoms with E-state index in [1.165, 1.54) is 28.0 Å². The number of halogens is 1. The molecule has 5 heterocycles. The Hall–Kier alpha value is -5.43. The van der Waals surface area contributed by atoms with Crippen LogP contribution in [0.5, 0.6) is 17.2 Å². The average Bonchev–Trinajstić information content (AvgIpc) is 3.57. The van der Waals surface area contributed by atoms with Gasteiger partial charge in [-0.1, -0.05) is 24.3 Å². The van der Waals surface area contributed by atoms with Crippen LogP contribution >= 0.6 is 11.3 Å². The zero-order chi connectivity index (χ0) is 34.6. The number of hydrogen-bond donors (Lipinski definition) is 2. The van der Waals surface area contributed by atoms with Gasteiger partial charge in [-0.2, -0.15) is 0 Å². The maximum absolute atomic E-state index is 15.5. The molecule has 7 rings (SSSR count). The Kier molecular flexibility index (Phi) is 9.65. The van der Waals surface area contributed by atoms with Crippen molar-refractivity contribution in [2.24, 2.45) is 0 Å². The number of benzene rings is 2. The molecule has 50 heavy (non-hydrogen) atoms. The molecule has 12 heteroatoms. The van der Waals surface area contributed by atoms with E-state index in [0.29, 0.717) is 23.0 Å². The SMILES string of the molecule is CCOc1ccn(-c2ccccc2)c(=O)c1C(=O)Nc1ccc(Oc2ccnc3cc(-c4ccc(CN5CCNCC5C)cn4)sc23)c(F)c1. The smallest absolute Gasteiger partial charge is 0.271 e. The number of anilines is 1. The van der Waals surface area contributed by atoms with Crippen LogP contribution in [0.1, 0.15) is 29.8 Å². The maximum Gasteiger partial charge on any atom is 0.271 e. The standard InChI is InChI=1S/C38H35FN6O4S/c1-3-48-32-14-17-45(27-7-5-4-6-8-27)38(47)35(32)37(46)43-26-10-12-31(28(39)19-26)49-33-13-15-41-30-20-34(50-36(30)33)29-11-9-25(22-42-29)23-44-18-16-40-21-24(44)2/h4-15,17,19-20,22,24,40H,3,16,18,21,23H2,1-2H3,(H,43,46). The minimum absolute atomic E-state index is 0.0313. The van der Waals surface area contributed by atoms with E-state index in [-0.39, 0.29) is 29.4 Å². The number of fused-ring (bicyclic) bond motifs is 1. The molecular formula is C38H35FN6O4S. The Balaban J connectivity index is 1.08. The molecule has 4 aromatic heterocycles. The zero-order valence-corrected chi connectivity index (χ0v) is 28.4. The van der Waals surface area contributed by atoms with Crippen molar-refractivity contribution in [1.29, 1.82) is 0 Å². The number of carbonyl (C=O) groups excluding carboxylic acids is 1. The lowest BCUT2D eigenvalue weighted by molar-refractivity contribution is 0.102. The lowest BCUT2D eigenvalue weighted by Crippen LogP contribution is -2.49. The quantitative estimate of drug-likeness (QED) is 0.160. The summed E-state index contributed by atoms with van der Waals surface area (Å²) >= 11 is 1.47. The van der Waals surface area contributed by atoms with Crippen LogP contribution in [-0.2, 0) is 6.54 Å². The van der Waals surface area contributed by atoms with Gasteiger partial charge in [-0.25, -0.2) is 4.39 Å². The summed E-state index contributed by atoms with van der Waals surface area (Å²) in [5.41, 5.74) is 2.68. The number of hydrogen-bond acceptors (Lipinski definition) is 9. The largest absolute Gasteiger partial charge is 0.493 e. The van der Waals surface area contributed by atoms with Crippen LogP contribution < -0.4 is 25.7 Å². The normalized spacial score (nSPS) is 14.8. The van der Waals surface area contributed by atoms with Crippen LogP contribution in [0.2, 0.25) is 0 Å². The van der Waals surface area contributed by atoms with Crippen molar-refractivity contribution in [3.8, 4) is 33.5 Å². The van der Waals surface area contributed by atoms with E-state index in [9.17, 15) is 9.59 Å². The summed E-state index contributed by atoms with van der Waals surface area (Å²) < 4.78 is 29.2. The summed E-state index contributed by atoms with van der Waals surface area (Å²) in [7, 11) is 0. The van der Waals surface area contributed by atoms with E-state index in [2.05, 4.69) is 33.5 Å². The fraction of sp³-hybridized carbons (Fsp3) is 0.211. The molecule has 1 atom stereocenters. The highest BCUT2D eigenvalue weighted by atomic mass is 32.1. The molecule has 0 spiro atoms. The molecule has 254 valence electrons. The summed E-state index contributed by atoms with van der Waals surface area (Å²) in [6.45, 7) is 8.07.